The van der Waals surface area contributed by atoms with E-state index in [1.165, 1.54) is 26.2 Å². The van der Waals surface area contributed by atoms with Crippen LogP contribution < -0.4 is 0 Å². The molecule has 0 aromatic carbocycles. The summed E-state index contributed by atoms with van der Waals surface area (Å²) in [5.74, 6) is -0.201. The van der Waals surface area contributed by atoms with Gasteiger partial charge in [-0.3, -0.25) is 4.55 Å². The lowest BCUT2D eigenvalue weighted by atomic mass is 10.3. The summed E-state index contributed by atoms with van der Waals surface area (Å²) in [6.45, 7) is 5.79. The maximum Gasteiger partial charge on any atom is 0.264 e. The van der Waals surface area contributed by atoms with Crippen LogP contribution in [0.15, 0.2) is 0 Å². The van der Waals surface area contributed by atoms with Crippen molar-refractivity contribution in [2.24, 2.45) is 0 Å². The van der Waals surface area contributed by atoms with Gasteiger partial charge in [-0.05, 0) is 6.92 Å². The third kappa shape index (κ3) is 25.7. The van der Waals surface area contributed by atoms with Crippen molar-refractivity contribution in [1.82, 2.24) is 0 Å². The Morgan fingerprint density at radius 3 is 1.36 bits per heavy atom. The Morgan fingerprint density at radius 2 is 1.36 bits per heavy atom. The topological polar surface area (TPSA) is 54.4 Å². The van der Waals surface area contributed by atoms with Gasteiger partial charge in [0.15, 0.2) is 0 Å². The number of unbranched alkanes of at least 4 members (excludes halogenated alkanes) is 2. The van der Waals surface area contributed by atoms with Crippen LogP contribution in [0.25, 0.3) is 0 Å². The van der Waals surface area contributed by atoms with E-state index in [-0.39, 0.29) is 5.75 Å². The SMILES string of the molecule is CCCCC.CCS(=O)(=O)O. The van der Waals surface area contributed by atoms with Gasteiger partial charge in [-0.25, -0.2) is 0 Å². The molecule has 0 bridgehead atoms. The van der Waals surface area contributed by atoms with E-state index in [0.717, 1.165) is 0 Å². The molecular weight excluding hydrogens is 164 g/mol. The van der Waals surface area contributed by atoms with E-state index < -0.39 is 10.1 Å². The molecule has 0 spiro atoms. The highest BCUT2D eigenvalue weighted by Gasteiger charge is 1.93. The molecule has 0 aliphatic carbocycles. The van der Waals surface area contributed by atoms with Gasteiger partial charge in [0.2, 0.25) is 0 Å². The van der Waals surface area contributed by atoms with Crippen LogP contribution in [0, 0.1) is 0 Å². The predicted molar refractivity (Wildman–Crippen MR) is 47.3 cm³/mol. The molecule has 70 valence electrons. The first-order valence-electron chi connectivity index (χ1n) is 3.93. The molecule has 0 amide bonds. The van der Waals surface area contributed by atoms with Gasteiger partial charge in [0.1, 0.15) is 0 Å². The molecular formula is C7H18O3S. The van der Waals surface area contributed by atoms with Crippen LogP contribution in [-0.4, -0.2) is 18.7 Å². The van der Waals surface area contributed by atoms with Gasteiger partial charge >= 0.3 is 0 Å². The van der Waals surface area contributed by atoms with Crippen molar-refractivity contribution in [1.29, 1.82) is 0 Å². The molecule has 3 nitrogen and oxygen atoms in total. The smallest absolute Gasteiger partial charge is 0.264 e. The first-order valence-corrected chi connectivity index (χ1v) is 5.54. The quantitative estimate of drug-likeness (QED) is 0.680. The molecule has 0 aromatic heterocycles. The zero-order chi connectivity index (χ0) is 9.33. The molecule has 11 heavy (non-hydrogen) atoms. The van der Waals surface area contributed by atoms with Gasteiger partial charge in [0, 0.05) is 0 Å². The number of hydrogen-bond donors (Lipinski definition) is 1. The second-order valence-electron chi connectivity index (χ2n) is 2.22. The van der Waals surface area contributed by atoms with Crippen LogP contribution in [0.4, 0.5) is 0 Å². The van der Waals surface area contributed by atoms with Crippen LogP contribution in [0.1, 0.15) is 40.0 Å². The van der Waals surface area contributed by atoms with E-state index in [4.69, 9.17) is 4.55 Å². The lowest BCUT2D eigenvalue weighted by Crippen LogP contribution is -1.97. The van der Waals surface area contributed by atoms with Crippen molar-refractivity contribution in [3.8, 4) is 0 Å². The highest BCUT2D eigenvalue weighted by molar-refractivity contribution is 7.85. The molecule has 1 N–H and O–H groups in total. The summed E-state index contributed by atoms with van der Waals surface area (Å²) in [5.41, 5.74) is 0. The predicted octanol–water partition coefficient (Wildman–Crippen LogP) is 2.09. The lowest BCUT2D eigenvalue weighted by Gasteiger charge is -1.79. The van der Waals surface area contributed by atoms with Crippen molar-refractivity contribution in [2.75, 3.05) is 5.75 Å². The van der Waals surface area contributed by atoms with Crippen molar-refractivity contribution in [3.63, 3.8) is 0 Å². The number of hydrogen-bond acceptors (Lipinski definition) is 2. The molecule has 4 heteroatoms. The zero-order valence-corrected chi connectivity index (χ0v) is 8.32. The molecule has 0 saturated heterocycles. The molecule has 0 radical (unpaired) electrons. The Labute approximate surface area is 69.6 Å². The molecule has 0 saturated carbocycles. The maximum absolute atomic E-state index is 9.56. The fourth-order valence-corrected chi connectivity index (χ4v) is 0.354. The monoisotopic (exact) mass is 182 g/mol. The molecule has 0 atom stereocenters. The summed E-state index contributed by atoms with van der Waals surface area (Å²) < 4.78 is 26.9. The normalized spacial score (nSPS) is 10.2. The Balaban J connectivity index is 0. The standard InChI is InChI=1S/C5H12.C2H6O3S/c1-3-5-4-2;1-2-6(3,4)5/h3-5H2,1-2H3;2H2,1H3,(H,3,4,5). The highest BCUT2D eigenvalue weighted by atomic mass is 32.2. The third-order valence-corrected chi connectivity index (χ3v) is 1.80. The third-order valence-electron chi connectivity index (χ3n) is 1.07. The van der Waals surface area contributed by atoms with E-state index in [9.17, 15) is 8.42 Å². The van der Waals surface area contributed by atoms with E-state index in [1.54, 1.807) is 0 Å². The van der Waals surface area contributed by atoms with Crippen LogP contribution in [0.2, 0.25) is 0 Å². The summed E-state index contributed by atoms with van der Waals surface area (Å²) >= 11 is 0. The fourth-order valence-electron chi connectivity index (χ4n) is 0.354. The zero-order valence-electron chi connectivity index (χ0n) is 7.50. The molecule has 0 rings (SSSR count). The van der Waals surface area contributed by atoms with Crippen LogP contribution in [-0.2, 0) is 10.1 Å². The van der Waals surface area contributed by atoms with Crippen molar-refractivity contribution < 1.29 is 13.0 Å². The Kier molecular flexibility index (Phi) is 9.83. The molecule has 0 heterocycles. The first-order chi connectivity index (χ1) is 4.97. The summed E-state index contributed by atoms with van der Waals surface area (Å²) in [5, 5.41) is 0. The van der Waals surface area contributed by atoms with Gasteiger partial charge in [0.05, 0.1) is 5.75 Å². The first kappa shape index (κ1) is 13.5. The molecule has 0 unspecified atom stereocenters. The second-order valence-corrected chi connectivity index (χ2v) is 3.97. The summed E-state index contributed by atoms with van der Waals surface area (Å²) in [4.78, 5) is 0. The highest BCUT2D eigenvalue weighted by Crippen LogP contribution is 1.88. The van der Waals surface area contributed by atoms with Gasteiger partial charge < -0.3 is 0 Å². The second kappa shape index (κ2) is 8.01. The molecule has 0 aliphatic heterocycles. The van der Waals surface area contributed by atoms with E-state index in [1.807, 2.05) is 0 Å². The van der Waals surface area contributed by atoms with Crippen LogP contribution >= 0.6 is 0 Å². The minimum absolute atomic E-state index is 0.201. The Morgan fingerprint density at radius 1 is 1.09 bits per heavy atom. The average Bonchev–Trinajstić information content (AvgIpc) is 1.90. The summed E-state index contributed by atoms with van der Waals surface area (Å²) in [6, 6.07) is 0. The fraction of sp³-hybridized carbons (Fsp3) is 1.00. The molecule has 0 aliphatic rings. The van der Waals surface area contributed by atoms with E-state index in [0.29, 0.717) is 0 Å². The van der Waals surface area contributed by atoms with Crippen molar-refractivity contribution in [2.45, 2.75) is 40.0 Å². The van der Waals surface area contributed by atoms with Gasteiger partial charge in [-0.2, -0.15) is 8.42 Å². The molecule has 0 aromatic rings. The van der Waals surface area contributed by atoms with Gasteiger partial charge in [-0.1, -0.05) is 33.1 Å². The summed E-state index contributed by atoms with van der Waals surface area (Å²) in [7, 11) is -3.66. The minimum Gasteiger partial charge on any atom is -0.286 e. The maximum atomic E-state index is 9.56. The van der Waals surface area contributed by atoms with E-state index in [2.05, 4.69) is 13.8 Å². The van der Waals surface area contributed by atoms with Crippen LogP contribution in [0.3, 0.4) is 0 Å². The van der Waals surface area contributed by atoms with Gasteiger partial charge in [-0.15, -0.1) is 0 Å². The summed E-state index contributed by atoms with van der Waals surface area (Å²) in [6.07, 6.45) is 4.08. The largest absolute Gasteiger partial charge is 0.286 e. The lowest BCUT2D eigenvalue weighted by molar-refractivity contribution is 0.484. The van der Waals surface area contributed by atoms with Gasteiger partial charge in [0.25, 0.3) is 10.1 Å². The molecule has 0 fully saturated rings. The Hall–Kier alpha value is -0.0900. The van der Waals surface area contributed by atoms with E-state index >= 15 is 0 Å². The minimum atomic E-state index is -3.66. The Bertz CT molecular complexity index is 147. The average molecular weight is 182 g/mol. The van der Waals surface area contributed by atoms with Crippen LogP contribution in [0.5, 0.6) is 0 Å². The number of rotatable bonds is 3. The van der Waals surface area contributed by atoms with Crippen molar-refractivity contribution >= 4 is 10.1 Å². The van der Waals surface area contributed by atoms with Crippen molar-refractivity contribution in [3.05, 3.63) is 0 Å².